The Morgan fingerprint density at radius 2 is 1.78 bits per heavy atom. The van der Waals surface area contributed by atoms with Gasteiger partial charge in [-0.3, -0.25) is 14.2 Å². The Labute approximate surface area is 240 Å². The van der Waals surface area contributed by atoms with E-state index in [-0.39, 0.29) is 35.5 Å². The second-order valence-corrected chi connectivity index (χ2v) is 12.0. The predicted molar refractivity (Wildman–Crippen MR) is 160 cm³/mol. The molecule has 2 amide bonds. The van der Waals surface area contributed by atoms with Crippen LogP contribution in [0.4, 0.5) is 5.69 Å². The molecule has 1 aliphatic carbocycles. The number of amides is 2. The van der Waals surface area contributed by atoms with Crippen LogP contribution in [0.25, 0.3) is 11.0 Å². The van der Waals surface area contributed by atoms with Crippen LogP contribution in [0.3, 0.4) is 0 Å². The number of hydrogen-bond donors (Lipinski definition) is 2. The summed E-state index contributed by atoms with van der Waals surface area (Å²) in [7, 11) is 1.62. The zero-order chi connectivity index (χ0) is 28.5. The summed E-state index contributed by atoms with van der Waals surface area (Å²) in [6, 6.07) is 11.6. The highest BCUT2D eigenvalue weighted by Gasteiger charge is 2.34. The van der Waals surface area contributed by atoms with E-state index in [1.165, 1.54) is 12.8 Å². The first-order valence-corrected chi connectivity index (χ1v) is 15.1. The molecular formula is C32H41N5O4. The van der Waals surface area contributed by atoms with Crippen LogP contribution in [0.2, 0.25) is 0 Å². The number of likely N-dealkylation sites (tertiary alicyclic amines) is 2. The van der Waals surface area contributed by atoms with Crippen molar-refractivity contribution in [3.63, 3.8) is 0 Å². The van der Waals surface area contributed by atoms with Gasteiger partial charge in [-0.05, 0) is 95.1 Å². The highest BCUT2D eigenvalue weighted by molar-refractivity contribution is 6.05. The summed E-state index contributed by atoms with van der Waals surface area (Å²) in [5, 5.41) is 3.04. The molecule has 41 heavy (non-hydrogen) atoms. The van der Waals surface area contributed by atoms with E-state index in [1.807, 2.05) is 52.8 Å². The maximum absolute atomic E-state index is 13.8. The molecule has 0 bridgehead atoms. The van der Waals surface area contributed by atoms with E-state index in [0.717, 1.165) is 74.4 Å². The minimum atomic E-state index is -0.185. The third-order valence-corrected chi connectivity index (χ3v) is 9.40. The summed E-state index contributed by atoms with van der Waals surface area (Å²) < 4.78 is 7.20. The standard InChI is InChI=1S/C32H41N5O4/c1-21-10-13-23(19-28(21)41-2)33-30(38)22-11-14-24(15-12-22)37-27-9-5-8-26(29(27)34-32(37)40)31(39)36-18-6-7-25(36)20-35-16-3-4-17-35/h5,8-10,13,19,22,24-25H,3-4,6-7,11-12,14-18,20H2,1-2H3,(H,33,38)(H,34,40)/t22?,24?,25-/m0/s1. The van der Waals surface area contributed by atoms with Gasteiger partial charge in [-0.1, -0.05) is 12.1 Å². The summed E-state index contributed by atoms with van der Waals surface area (Å²) in [5.41, 5.74) is 3.54. The first-order chi connectivity index (χ1) is 19.9. The van der Waals surface area contributed by atoms with Crippen LogP contribution >= 0.6 is 0 Å². The molecule has 3 fully saturated rings. The number of hydrogen-bond acceptors (Lipinski definition) is 5. The highest BCUT2D eigenvalue weighted by atomic mass is 16.5. The lowest BCUT2D eigenvalue weighted by Gasteiger charge is -2.29. The molecule has 0 radical (unpaired) electrons. The van der Waals surface area contributed by atoms with Gasteiger partial charge in [0.25, 0.3) is 5.91 Å². The normalized spacial score (nSPS) is 23.3. The van der Waals surface area contributed by atoms with E-state index in [9.17, 15) is 14.4 Å². The number of rotatable bonds is 7. The lowest BCUT2D eigenvalue weighted by Crippen LogP contribution is -2.42. The fraction of sp³-hybridized carbons (Fsp3) is 0.531. The van der Waals surface area contributed by atoms with Gasteiger partial charge in [0.05, 0.1) is 23.7 Å². The third-order valence-electron chi connectivity index (χ3n) is 9.40. The van der Waals surface area contributed by atoms with Crippen LogP contribution in [0.5, 0.6) is 5.75 Å². The number of aromatic amines is 1. The van der Waals surface area contributed by atoms with E-state index >= 15 is 0 Å². The number of anilines is 1. The molecule has 0 unspecified atom stereocenters. The molecule has 9 nitrogen and oxygen atoms in total. The second kappa shape index (κ2) is 11.7. The molecule has 1 atom stereocenters. The number of aromatic nitrogens is 2. The number of imidazole rings is 1. The molecule has 2 N–H and O–H groups in total. The fourth-order valence-electron chi connectivity index (χ4n) is 7.14. The Morgan fingerprint density at radius 1 is 1.00 bits per heavy atom. The average molecular weight is 560 g/mol. The number of fused-ring (bicyclic) bond motifs is 1. The van der Waals surface area contributed by atoms with Crippen molar-refractivity contribution in [1.82, 2.24) is 19.4 Å². The number of nitrogens with zero attached hydrogens (tertiary/aromatic N) is 3. The van der Waals surface area contributed by atoms with Gasteiger partial charge in [-0.2, -0.15) is 0 Å². The van der Waals surface area contributed by atoms with Gasteiger partial charge < -0.3 is 24.8 Å². The molecule has 6 rings (SSSR count). The smallest absolute Gasteiger partial charge is 0.326 e. The summed E-state index contributed by atoms with van der Waals surface area (Å²) in [6.45, 7) is 5.91. The molecule has 9 heteroatoms. The number of carbonyl (C=O) groups is 2. The van der Waals surface area contributed by atoms with E-state index in [1.54, 1.807) is 7.11 Å². The van der Waals surface area contributed by atoms with Gasteiger partial charge in [0.15, 0.2) is 0 Å². The molecular weight excluding hydrogens is 518 g/mol. The van der Waals surface area contributed by atoms with Crippen molar-refractivity contribution < 1.29 is 14.3 Å². The van der Waals surface area contributed by atoms with Crippen LogP contribution in [0, 0.1) is 12.8 Å². The first-order valence-electron chi connectivity index (χ1n) is 15.1. The summed E-state index contributed by atoms with van der Waals surface area (Å²) in [6.07, 6.45) is 7.38. The Bertz CT molecular complexity index is 1480. The number of nitrogens with one attached hydrogen (secondary N) is 2. The van der Waals surface area contributed by atoms with E-state index in [4.69, 9.17) is 4.74 Å². The van der Waals surface area contributed by atoms with Gasteiger partial charge >= 0.3 is 5.69 Å². The molecule has 3 heterocycles. The highest BCUT2D eigenvalue weighted by Crippen LogP contribution is 2.35. The van der Waals surface area contributed by atoms with E-state index in [0.29, 0.717) is 23.9 Å². The van der Waals surface area contributed by atoms with Crippen molar-refractivity contribution in [2.24, 2.45) is 5.92 Å². The monoisotopic (exact) mass is 559 g/mol. The minimum Gasteiger partial charge on any atom is -0.496 e. The van der Waals surface area contributed by atoms with Gasteiger partial charge in [-0.25, -0.2) is 4.79 Å². The van der Waals surface area contributed by atoms with Crippen LogP contribution in [-0.2, 0) is 4.79 Å². The Hall–Kier alpha value is -3.59. The lowest BCUT2D eigenvalue weighted by atomic mass is 9.85. The van der Waals surface area contributed by atoms with Gasteiger partial charge in [-0.15, -0.1) is 0 Å². The van der Waals surface area contributed by atoms with Crippen LogP contribution in [0.1, 0.15) is 73.3 Å². The van der Waals surface area contributed by atoms with Crippen molar-refractivity contribution in [2.75, 3.05) is 38.6 Å². The van der Waals surface area contributed by atoms with Crippen LogP contribution in [-0.4, -0.2) is 70.5 Å². The Kier molecular flexibility index (Phi) is 7.88. The predicted octanol–water partition coefficient (Wildman–Crippen LogP) is 4.72. The molecule has 3 aliphatic rings. The molecule has 2 aromatic carbocycles. The van der Waals surface area contributed by atoms with Crippen molar-refractivity contribution in [3.8, 4) is 5.75 Å². The van der Waals surface area contributed by atoms with E-state index in [2.05, 4.69) is 15.2 Å². The van der Waals surface area contributed by atoms with E-state index < -0.39 is 0 Å². The van der Waals surface area contributed by atoms with Crippen molar-refractivity contribution in [1.29, 1.82) is 0 Å². The molecule has 2 aliphatic heterocycles. The number of benzene rings is 2. The topological polar surface area (TPSA) is 99.7 Å². The molecule has 3 aromatic rings. The molecule has 1 aromatic heterocycles. The van der Waals surface area contributed by atoms with Crippen molar-refractivity contribution in [3.05, 3.63) is 58.0 Å². The van der Waals surface area contributed by atoms with Crippen LogP contribution in [0.15, 0.2) is 41.2 Å². The number of ether oxygens (including phenoxy) is 1. The Morgan fingerprint density at radius 3 is 2.54 bits per heavy atom. The van der Waals surface area contributed by atoms with Gasteiger partial charge in [0, 0.05) is 42.8 Å². The zero-order valence-electron chi connectivity index (χ0n) is 24.2. The minimum absolute atomic E-state index is 0.00242. The second-order valence-electron chi connectivity index (χ2n) is 12.0. The summed E-state index contributed by atoms with van der Waals surface area (Å²) in [5.74, 6) is 0.649. The maximum atomic E-state index is 13.8. The zero-order valence-corrected chi connectivity index (χ0v) is 24.2. The summed E-state index contributed by atoms with van der Waals surface area (Å²) >= 11 is 0. The van der Waals surface area contributed by atoms with Crippen LogP contribution < -0.4 is 15.7 Å². The SMILES string of the molecule is COc1cc(NC(=O)C2CCC(n3c(=O)[nH]c4c(C(=O)N5CCC[C@H]5CN5CCCC5)cccc43)CC2)ccc1C. The lowest BCUT2D eigenvalue weighted by molar-refractivity contribution is -0.121. The average Bonchev–Trinajstić information content (AvgIpc) is 3.74. The van der Waals surface area contributed by atoms with Crippen molar-refractivity contribution >= 4 is 28.5 Å². The largest absolute Gasteiger partial charge is 0.496 e. The third kappa shape index (κ3) is 5.52. The number of carbonyl (C=O) groups excluding carboxylic acids is 2. The first kappa shape index (κ1) is 27.6. The number of aryl methyl sites for hydroxylation is 1. The maximum Gasteiger partial charge on any atom is 0.326 e. The van der Waals surface area contributed by atoms with Crippen molar-refractivity contribution in [2.45, 2.75) is 70.4 Å². The number of H-pyrrole nitrogens is 1. The van der Waals surface area contributed by atoms with Gasteiger partial charge in [0.2, 0.25) is 5.91 Å². The molecule has 0 spiro atoms. The number of para-hydroxylation sites is 1. The number of methoxy groups -OCH3 is 1. The molecule has 218 valence electrons. The Balaban J connectivity index is 1.15. The van der Waals surface area contributed by atoms with Gasteiger partial charge in [0.1, 0.15) is 5.75 Å². The summed E-state index contributed by atoms with van der Waals surface area (Å²) in [4.78, 5) is 47.6. The fourth-order valence-corrected chi connectivity index (χ4v) is 7.14. The molecule has 2 saturated heterocycles. The molecule has 1 saturated carbocycles. The quantitative estimate of drug-likeness (QED) is 0.437.